The van der Waals surface area contributed by atoms with E-state index < -0.39 is 4.92 Å². The first-order valence-corrected chi connectivity index (χ1v) is 12.4. The number of hydrogen-bond acceptors (Lipinski definition) is 7. The van der Waals surface area contributed by atoms with Gasteiger partial charge in [0.2, 0.25) is 0 Å². The molecule has 4 rings (SSSR count). The Labute approximate surface area is 218 Å². The van der Waals surface area contributed by atoms with Gasteiger partial charge in [-0.1, -0.05) is 71.4 Å². The normalized spacial score (nSPS) is 11.3. The van der Waals surface area contributed by atoms with Gasteiger partial charge in [0.1, 0.15) is 0 Å². The van der Waals surface area contributed by atoms with Crippen LogP contribution in [0.4, 0.5) is 5.69 Å². The minimum Gasteiger partial charge on any atom is -0.272 e. The number of carbonyl (C=O) groups excluding carboxylic acids is 1. The number of nitro benzene ring substituents is 1. The molecular formula is C27H24N6O3S. The van der Waals surface area contributed by atoms with E-state index in [4.69, 9.17) is 0 Å². The summed E-state index contributed by atoms with van der Waals surface area (Å²) in [6.45, 7) is 4.05. The van der Waals surface area contributed by atoms with Crippen molar-refractivity contribution >= 4 is 35.6 Å². The third-order valence-corrected chi connectivity index (χ3v) is 6.26. The van der Waals surface area contributed by atoms with Crippen molar-refractivity contribution in [3.8, 4) is 17.1 Å². The molecule has 0 aliphatic rings. The molecule has 4 aromatic rings. The van der Waals surface area contributed by atoms with Gasteiger partial charge in [-0.25, -0.2) is 5.43 Å². The first-order chi connectivity index (χ1) is 17.9. The Hall–Kier alpha value is -4.57. The van der Waals surface area contributed by atoms with Gasteiger partial charge in [-0.3, -0.25) is 19.5 Å². The minimum absolute atomic E-state index is 0.00437. The van der Waals surface area contributed by atoms with Crippen molar-refractivity contribution in [2.24, 2.45) is 5.10 Å². The van der Waals surface area contributed by atoms with Crippen molar-refractivity contribution in [3.63, 3.8) is 0 Å². The van der Waals surface area contributed by atoms with Crippen LogP contribution in [0.15, 0.2) is 89.1 Å². The van der Waals surface area contributed by atoms with Crippen LogP contribution in [0.5, 0.6) is 0 Å². The molecule has 0 atom stereocenters. The second kappa shape index (κ2) is 11.9. The molecule has 0 unspecified atom stereocenters. The van der Waals surface area contributed by atoms with E-state index in [9.17, 15) is 14.9 Å². The van der Waals surface area contributed by atoms with Crippen LogP contribution in [0.25, 0.3) is 23.2 Å². The highest BCUT2D eigenvalue weighted by Crippen LogP contribution is 2.28. The lowest BCUT2D eigenvalue weighted by Crippen LogP contribution is -2.19. The monoisotopic (exact) mass is 512 g/mol. The molecule has 9 nitrogen and oxygen atoms in total. The summed E-state index contributed by atoms with van der Waals surface area (Å²) in [4.78, 5) is 23.0. The van der Waals surface area contributed by atoms with Crippen molar-refractivity contribution in [1.29, 1.82) is 0 Å². The summed E-state index contributed by atoms with van der Waals surface area (Å²) in [6, 6.07) is 22.4. The predicted octanol–water partition coefficient (Wildman–Crippen LogP) is 5.37. The topological polar surface area (TPSA) is 115 Å². The van der Waals surface area contributed by atoms with Crippen molar-refractivity contribution in [2.75, 3.05) is 5.75 Å². The second-order valence-corrected chi connectivity index (χ2v) is 9.06. The number of amides is 1. The lowest BCUT2D eigenvalue weighted by Gasteiger charge is -2.11. The van der Waals surface area contributed by atoms with E-state index in [1.165, 1.54) is 30.1 Å². The largest absolute Gasteiger partial charge is 0.276 e. The lowest BCUT2D eigenvalue weighted by atomic mass is 10.1. The fourth-order valence-corrected chi connectivity index (χ4v) is 4.18. The molecule has 0 fully saturated rings. The summed E-state index contributed by atoms with van der Waals surface area (Å²) in [7, 11) is 0. The van der Waals surface area contributed by atoms with E-state index in [1.807, 2.05) is 66.9 Å². The summed E-state index contributed by atoms with van der Waals surface area (Å²) in [6.07, 6.45) is 4.44. The molecule has 37 heavy (non-hydrogen) atoms. The van der Waals surface area contributed by atoms with Gasteiger partial charge in [0.05, 0.1) is 16.2 Å². The Balaban J connectivity index is 1.44. The Morgan fingerprint density at radius 1 is 1.03 bits per heavy atom. The van der Waals surface area contributed by atoms with Crippen LogP contribution in [0.1, 0.15) is 16.7 Å². The van der Waals surface area contributed by atoms with Crippen molar-refractivity contribution in [2.45, 2.75) is 19.0 Å². The number of aromatic nitrogens is 3. The Morgan fingerprint density at radius 3 is 2.41 bits per heavy atom. The number of nitrogens with zero attached hydrogens (tertiary/aromatic N) is 5. The number of allylic oxidation sites excluding steroid dienone is 1. The van der Waals surface area contributed by atoms with Gasteiger partial charge in [-0.05, 0) is 44.2 Å². The summed E-state index contributed by atoms with van der Waals surface area (Å²) in [5.41, 5.74) is 6.99. The molecule has 0 aliphatic carbocycles. The number of nitrogens with one attached hydrogen (secondary N) is 1. The molecule has 0 radical (unpaired) electrons. The molecule has 0 saturated heterocycles. The van der Waals surface area contributed by atoms with Crippen LogP contribution in [-0.4, -0.2) is 37.6 Å². The number of carbonyl (C=O) groups is 1. The van der Waals surface area contributed by atoms with Gasteiger partial charge in [0.15, 0.2) is 11.0 Å². The smallest absolute Gasteiger partial charge is 0.272 e. The van der Waals surface area contributed by atoms with Crippen LogP contribution in [-0.2, 0) is 4.79 Å². The van der Waals surface area contributed by atoms with Gasteiger partial charge < -0.3 is 0 Å². The molecule has 10 heteroatoms. The molecule has 0 saturated carbocycles. The molecular weight excluding hydrogens is 488 g/mol. The van der Waals surface area contributed by atoms with Crippen molar-refractivity contribution in [3.05, 3.63) is 106 Å². The highest BCUT2D eigenvalue weighted by atomic mass is 32.2. The van der Waals surface area contributed by atoms with Crippen molar-refractivity contribution in [1.82, 2.24) is 20.2 Å². The molecule has 1 N–H and O–H groups in total. The summed E-state index contributed by atoms with van der Waals surface area (Å²) < 4.78 is 1.93. The molecule has 0 aliphatic heterocycles. The Morgan fingerprint density at radius 2 is 1.70 bits per heavy atom. The SMILES string of the molecule is Cc1ccc(-c2nnc(SCC(=O)N/N=C/C=C/c3ccccc3[N+](=O)[O-])n2-c2ccc(C)cc2)cc1. The number of hydrogen-bond donors (Lipinski definition) is 1. The Kier molecular flexibility index (Phi) is 8.22. The summed E-state index contributed by atoms with van der Waals surface area (Å²) in [5, 5.41) is 24.3. The van der Waals surface area contributed by atoms with Gasteiger partial charge in [0.25, 0.3) is 11.6 Å². The van der Waals surface area contributed by atoms with Crippen LogP contribution >= 0.6 is 11.8 Å². The molecule has 1 amide bonds. The van der Waals surface area contributed by atoms with E-state index in [0.717, 1.165) is 22.4 Å². The highest BCUT2D eigenvalue weighted by Gasteiger charge is 2.17. The quantitative estimate of drug-likeness (QED) is 0.140. The lowest BCUT2D eigenvalue weighted by molar-refractivity contribution is -0.385. The van der Waals surface area contributed by atoms with E-state index >= 15 is 0 Å². The average Bonchev–Trinajstić information content (AvgIpc) is 3.32. The second-order valence-electron chi connectivity index (χ2n) is 8.12. The number of benzene rings is 3. The van der Waals surface area contributed by atoms with Crippen LogP contribution < -0.4 is 5.43 Å². The first-order valence-electron chi connectivity index (χ1n) is 11.4. The fraction of sp³-hybridized carbons (Fsp3) is 0.111. The van der Waals surface area contributed by atoms with Crippen LogP contribution in [0, 0.1) is 24.0 Å². The highest BCUT2D eigenvalue weighted by molar-refractivity contribution is 7.99. The number of para-hydroxylation sites is 1. The minimum atomic E-state index is -0.449. The number of hydrazone groups is 1. The van der Waals surface area contributed by atoms with Crippen LogP contribution in [0.2, 0.25) is 0 Å². The standard InChI is InChI=1S/C27H24N6O3S/c1-19-9-13-22(14-10-19)26-30-31-27(32(26)23-15-11-20(2)12-16-23)37-18-25(34)29-28-17-5-7-21-6-3-4-8-24(21)33(35)36/h3-17H,18H2,1-2H3,(H,29,34)/b7-5+,28-17+. The summed E-state index contributed by atoms with van der Waals surface area (Å²) >= 11 is 1.25. The third-order valence-electron chi connectivity index (χ3n) is 5.33. The summed E-state index contributed by atoms with van der Waals surface area (Å²) in [5.74, 6) is 0.434. The predicted molar refractivity (Wildman–Crippen MR) is 146 cm³/mol. The molecule has 3 aromatic carbocycles. The maximum absolute atomic E-state index is 12.4. The number of rotatable bonds is 9. The van der Waals surface area contributed by atoms with E-state index in [0.29, 0.717) is 16.5 Å². The maximum atomic E-state index is 12.4. The number of nitro groups is 1. The van der Waals surface area contributed by atoms with Crippen LogP contribution in [0.3, 0.4) is 0 Å². The molecule has 0 bridgehead atoms. The maximum Gasteiger partial charge on any atom is 0.276 e. The van der Waals surface area contributed by atoms with Gasteiger partial charge in [-0.2, -0.15) is 5.10 Å². The first kappa shape index (κ1) is 25.5. The molecule has 0 spiro atoms. The molecule has 1 heterocycles. The zero-order chi connectivity index (χ0) is 26.2. The fourth-order valence-electron chi connectivity index (χ4n) is 3.44. The number of thioether (sulfide) groups is 1. The average molecular weight is 513 g/mol. The van der Waals surface area contributed by atoms with Crippen molar-refractivity contribution < 1.29 is 9.72 Å². The Bertz CT molecular complexity index is 1460. The van der Waals surface area contributed by atoms with Gasteiger partial charge in [-0.15, -0.1) is 10.2 Å². The van der Waals surface area contributed by atoms with Gasteiger partial charge in [0, 0.05) is 23.5 Å². The third kappa shape index (κ3) is 6.56. The van der Waals surface area contributed by atoms with E-state index in [-0.39, 0.29) is 17.3 Å². The number of aryl methyl sites for hydroxylation is 2. The zero-order valence-corrected chi connectivity index (χ0v) is 21.1. The molecule has 186 valence electrons. The van der Waals surface area contributed by atoms with E-state index in [1.54, 1.807) is 24.3 Å². The van der Waals surface area contributed by atoms with E-state index in [2.05, 4.69) is 20.7 Å². The van der Waals surface area contributed by atoms with Gasteiger partial charge >= 0.3 is 0 Å². The zero-order valence-electron chi connectivity index (χ0n) is 20.2. The molecule has 1 aromatic heterocycles.